The normalized spacial score (nSPS) is 20.1. The van der Waals surface area contributed by atoms with Crippen LogP contribution in [0.1, 0.15) is 24.0 Å². The molecule has 1 aromatic heterocycles. The summed E-state index contributed by atoms with van der Waals surface area (Å²) in [5, 5.41) is 12.5. The Labute approximate surface area is 102 Å². The molecule has 1 aliphatic heterocycles. The molecule has 1 fully saturated rings. The van der Waals surface area contributed by atoms with E-state index >= 15 is 0 Å². The lowest BCUT2D eigenvalue weighted by molar-refractivity contribution is 0.447. The van der Waals surface area contributed by atoms with Gasteiger partial charge in [-0.25, -0.2) is 4.98 Å². The maximum Gasteiger partial charge on any atom is 0.146 e. The fraction of sp³-hybridized carbons (Fsp3) is 0.538. The van der Waals surface area contributed by atoms with Crippen LogP contribution in [0.3, 0.4) is 0 Å². The molecule has 1 atom stereocenters. The summed E-state index contributed by atoms with van der Waals surface area (Å²) in [6.07, 6.45) is 4.13. The molecule has 4 heteroatoms. The van der Waals surface area contributed by atoms with E-state index in [2.05, 4.69) is 21.3 Å². The van der Waals surface area contributed by atoms with E-state index in [1.165, 1.54) is 6.42 Å². The zero-order valence-corrected chi connectivity index (χ0v) is 10.4. The topological polar surface area (TPSA) is 52.0 Å². The summed E-state index contributed by atoms with van der Waals surface area (Å²) in [4.78, 5) is 6.60. The summed E-state index contributed by atoms with van der Waals surface area (Å²) in [5.74, 6) is 0.840. The molecule has 0 aromatic carbocycles. The van der Waals surface area contributed by atoms with E-state index in [0.29, 0.717) is 11.6 Å². The molecule has 1 unspecified atom stereocenters. The summed E-state index contributed by atoms with van der Waals surface area (Å²) >= 11 is 0. The number of aryl methyl sites for hydroxylation is 1. The molecule has 1 aliphatic rings. The van der Waals surface area contributed by atoms with E-state index in [9.17, 15) is 5.26 Å². The minimum Gasteiger partial charge on any atom is -0.354 e. The van der Waals surface area contributed by atoms with E-state index in [4.69, 9.17) is 0 Å². The van der Waals surface area contributed by atoms with Gasteiger partial charge in [0.25, 0.3) is 0 Å². The van der Waals surface area contributed by atoms with E-state index in [0.717, 1.165) is 30.9 Å². The molecule has 4 nitrogen and oxygen atoms in total. The smallest absolute Gasteiger partial charge is 0.146 e. The van der Waals surface area contributed by atoms with Crippen LogP contribution in [0.4, 0.5) is 5.82 Å². The van der Waals surface area contributed by atoms with Crippen molar-refractivity contribution in [2.75, 3.05) is 25.0 Å². The second-order valence-corrected chi connectivity index (χ2v) is 4.51. The maximum absolute atomic E-state index is 9.22. The average molecular weight is 230 g/mol. The predicted molar refractivity (Wildman–Crippen MR) is 68.0 cm³/mol. The van der Waals surface area contributed by atoms with E-state index in [-0.39, 0.29) is 0 Å². The van der Waals surface area contributed by atoms with Crippen molar-refractivity contribution in [2.45, 2.75) is 25.8 Å². The fourth-order valence-corrected chi connectivity index (χ4v) is 2.33. The van der Waals surface area contributed by atoms with Gasteiger partial charge in [0.15, 0.2) is 0 Å². The summed E-state index contributed by atoms with van der Waals surface area (Å²) in [5.41, 5.74) is 1.72. The molecule has 2 rings (SSSR count). The molecule has 0 aliphatic carbocycles. The van der Waals surface area contributed by atoms with Crippen LogP contribution in [-0.4, -0.2) is 31.2 Å². The lowest BCUT2D eigenvalue weighted by atomic mass is 10.0. The van der Waals surface area contributed by atoms with Crippen LogP contribution in [0.5, 0.6) is 0 Å². The SMILES string of the molecule is CNC1CCCN(c2nccc(C)c2C#N)C1. The monoisotopic (exact) mass is 230 g/mol. The second-order valence-electron chi connectivity index (χ2n) is 4.51. The van der Waals surface area contributed by atoms with Gasteiger partial charge in [0.2, 0.25) is 0 Å². The van der Waals surface area contributed by atoms with Crippen molar-refractivity contribution in [3.63, 3.8) is 0 Å². The van der Waals surface area contributed by atoms with Gasteiger partial charge < -0.3 is 10.2 Å². The first-order valence-electron chi connectivity index (χ1n) is 6.04. The lowest BCUT2D eigenvalue weighted by Crippen LogP contribution is -2.45. The Bertz CT molecular complexity index is 436. The van der Waals surface area contributed by atoms with Crippen molar-refractivity contribution in [3.05, 3.63) is 23.4 Å². The Hall–Kier alpha value is -1.60. The molecule has 90 valence electrons. The zero-order valence-electron chi connectivity index (χ0n) is 10.4. The number of likely N-dealkylation sites (N-methyl/N-ethyl adjacent to an activating group) is 1. The van der Waals surface area contributed by atoms with Gasteiger partial charge in [0.05, 0.1) is 5.56 Å². The quantitative estimate of drug-likeness (QED) is 0.835. The number of hydrogen-bond acceptors (Lipinski definition) is 4. The van der Waals surface area contributed by atoms with Gasteiger partial charge in [-0.2, -0.15) is 5.26 Å². The van der Waals surface area contributed by atoms with Crippen molar-refractivity contribution in [3.8, 4) is 6.07 Å². The molecular weight excluding hydrogens is 212 g/mol. The number of nitrogens with one attached hydrogen (secondary N) is 1. The van der Waals surface area contributed by atoms with Gasteiger partial charge in [-0.3, -0.25) is 0 Å². The number of rotatable bonds is 2. The lowest BCUT2D eigenvalue weighted by Gasteiger charge is -2.34. The van der Waals surface area contributed by atoms with Gasteiger partial charge in [-0.1, -0.05) is 0 Å². The molecule has 0 saturated carbocycles. The average Bonchev–Trinajstić information content (AvgIpc) is 2.38. The second kappa shape index (κ2) is 5.15. The maximum atomic E-state index is 9.22. The van der Waals surface area contributed by atoms with Crippen molar-refractivity contribution in [1.82, 2.24) is 10.3 Å². The Balaban J connectivity index is 2.28. The molecule has 17 heavy (non-hydrogen) atoms. The summed E-state index contributed by atoms with van der Waals surface area (Å²) in [6, 6.07) is 4.66. The van der Waals surface area contributed by atoms with Gasteiger partial charge in [-0.05, 0) is 38.4 Å². The third kappa shape index (κ3) is 2.40. The highest BCUT2D eigenvalue weighted by atomic mass is 15.2. The highest BCUT2D eigenvalue weighted by molar-refractivity contribution is 5.57. The third-order valence-electron chi connectivity index (χ3n) is 3.38. The molecular formula is C13H18N4. The minimum atomic E-state index is 0.498. The first-order chi connectivity index (χ1) is 8.26. The summed E-state index contributed by atoms with van der Waals surface area (Å²) < 4.78 is 0. The van der Waals surface area contributed by atoms with Crippen molar-refractivity contribution >= 4 is 5.82 Å². The Morgan fingerprint density at radius 1 is 1.59 bits per heavy atom. The van der Waals surface area contributed by atoms with Crippen LogP contribution in [0.25, 0.3) is 0 Å². The molecule has 0 spiro atoms. The van der Waals surface area contributed by atoms with Crippen LogP contribution in [0, 0.1) is 18.3 Å². The van der Waals surface area contributed by atoms with Crippen molar-refractivity contribution in [1.29, 1.82) is 5.26 Å². The first-order valence-corrected chi connectivity index (χ1v) is 6.04. The molecule has 0 bridgehead atoms. The number of aromatic nitrogens is 1. The third-order valence-corrected chi connectivity index (χ3v) is 3.38. The number of pyridine rings is 1. The first kappa shape index (κ1) is 11.9. The molecule has 1 N–H and O–H groups in total. The molecule has 2 heterocycles. The van der Waals surface area contributed by atoms with Gasteiger partial charge in [-0.15, -0.1) is 0 Å². The van der Waals surface area contributed by atoms with E-state index < -0.39 is 0 Å². The highest BCUT2D eigenvalue weighted by Crippen LogP contribution is 2.23. The van der Waals surface area contributed by atoms with Gasteiger partial charge in [0, 0.05) is 25.3 Å². The molecule has 0 amide bonds. The van der Waals surface area contributed by atoms with Gasteiger partial charge in [0.1, 0.15) is 11.9 Å². The van der Waals surface area contributed by atoms with Crippen LogP contribution in [-0.2, 0) is 0 Å². The number of nitrogens with zero attached hydrogens (tertiary/aromatic N) is 3. The minimum absolute atomic E-state index is 0.498. The number of nitriles is 1. The van der Waals surface area contributed by atoms with Crippen LogP contribution < -0.4 is 10.2 Å². The molecule has 0 radical (unpaired) electrons. The largest absolute Gasteiger partial charge is 0.354 e. The molecule has 1 saturated heterocycles. The zero-order chi connectivity index (χ0) is 12.3. The molecule has 1 aromatic rings. The standard InChI is InChI=1S/C13H18N4/c1-10-5-6-16-13(12(10)8-14)17-7-3-4-11(9-17)15-2/h5-6,11,15H,3-4,7,9H2,1-2H3. The van der Waals surface area contributed by atoms with Crippen LogP contribution in [0.2, 0.25) is 0 Å². The van der Waals surface area contributed by atoms with Gasteiger partial charge >= 0.3 is 0 Å². The highest BCUT2D eigenvalue weighted by Gasteiger charge is 2.22. The van der Waals surface area contributed by atoms with Crippen LogP contribution in [0.15, 0.2) is 12.3 Å². The van der Waals surface area contributed by atoms with E-state index in [1.54, 1.807) is 6.20 Å². The Kier molecular flexibility index (Phi) is 3.60. The summed E-state index contributed by atoms with van der Waals surface area (Å²) in [6.45, 7) is 3.88. The van der Waals surface area contributed by atoms with E-state index in [1.807, 2.05) is 20.0 Å². The number of anilines is 1. The fourth-order valence-electron chi connectivity index (χ4n) is 2.33. The number of hydrogen-bond donors (Lipinski definition) is 1. The van der Waals surface area contributed by atoms with Crippen molar-refractivity contribution < 1.29 is 0 Å². The number of piperidine rings is 1. The Morgan fingerprint density at radius 3 is 3.12 bits per heavy atom. The van der Waals surface area contributed by atoms with Crippen molar-refractivity contribution in [2.24, 2.45) is 0 Å². The Morgan fingerprint density at radius 2 is 2.41 bits per heavy atom. The summed E-state index contributed by atoms with van der Waals surface area (Å²) in [7, 11) is 1.99. The predicted octanol–water partition coefficient (Wildman–Crippen LogP) is 1.45. The van der Waals surface area contributed by atoms with Crippen LogP contribution >= 0.6 is 0 Å².